The Kier molecular flexibility index (Phi) is 5.57. The van der Waals surface area contributed by atoms with Crippen LogP contribution in [0.2, 0.25) is 0 Å². The monoisotopic (exact) mass is 192 g/mol. The van der Waals surface area contributed by atoms with Crippen molar-refractivity contribution in [3.63, 3.8) is 0 Å². The summed E-state index contributed by atoms with van der Waals surface area (Å²) in [6.45, 7) is 15.4. The number of hydrogen-bond acceptors (Lipinski definition) is 3. The van der Waals surface area contributed by atoms with Gasteiger partial charge in [-0.1, -0.05) is 25.1 Å². The fourth-order valence-corrected chi connectivity index (χ4v) is 0.725. The van der Waals surface area contributed by atoms with Crippen molar-refractivity contribution in [1.29, 1.82) is 0 Å². The van der Waals surface area contributed by atoms with E-state index in [0.29, 0.717) is 12.3 Å². The topological polar surface area (TPSA) is 56.3 Å². The minimum Gasteiger partial charge on any atom is -0.467 e. The molecule has 0 radical (unpaired) electrons. The van der Waals surface area contributed by atoms with Crippen LogP contribution in [0.15, 0.2) is 16.6 Å². The molecule has 0 aromatic carbocycles. The van der Waals surface area contributed by atoms with E-state index >= 15 is 0 Å². The maximum Gasteiger partial charge on any atom is 0.292 e. The summed E-state index contributed by atoms with van der Waals surface area (Å²) in [6.07, 6.45) is 1.48. The molecule has 0 aliphatic rings. The van der Waals surface area contributed by atoms with Gasteiger partial charge in [0.1, 0.15) is 0 Å². The van der Waals surface area contributed by atoms with Crippen LogP contribution in [0.3, 0.4) is 0 Å². The van der Waals surface area contributed by atoms with Gasteiger partial charge in [-0.3, -0.25) is 0 Å². The first-order chi connectivity index (χ1) is 6.69. The van der Waals surface area contributed by atoms with E-state index in [-0.39, 0.29) is 11.6 Å². The SMILES string of the molecule is [C-]#[N+]/C(N)=C(/N=C(/CCC)OC)[N+]#[C-]. The van der Waals surface area contributed by atoms with Crippen LogP contribution in [0.4, 0.5) is 0 Å². The number of aliphatic imine (C=N–C) groups is 1. The zero-order valence-electron chi connectivity index (χ0n) is 8.24. The Hall–Kier alpha value is -2.01. The molecule has 0 atom stereocenters. The van der Waals surface area contributed by atoms with E-state index in [2.05, 4.69) is 14.7 Å². The van der Waals surface area contributed by atoms with Gasteiger partial charge in [0.15, 0.2) is 0 Å². The number of rotatable bonds is 3. The van der Waals surface area contributed by atoms with Crippen LogP contribution in [-0.4, -0.2) is 13.0 Å². The Morgan fingerprint density at radius 1 is 1.43 bits per heavy atom. The molecular weight excluding hydrogens is 180 g/mol. The number of methoxy groups -OCH3 is 1. The normalized spacial score (nSPS) is 12.4. The van der Waals surface area contributed by atoms with Gasteiger partial charge >= 0.3 is 0 Å². The highest BCUT2D eigenvalue weighted by Crippen LogP contribution is 2.07. The van der Waals surface area contributed by atoms with Crippen molar-refractivity contribution in [2.75, 3.05) is 7.11 Å². The fourth-order valence-electron chi connectivity index (χ4n) is 0.725. The Bertz CT molecular complexity index is 330. The predicted octanol–water partition coefficient (Wildman–Crippen LogP) is 1.76. The average molecular weight is 192 g/mol. The van der Waals surface area contributed by atoms with Gasteiger partial charge in [-0.25, -0.2) is 0 Å². The first-order valence-electron chi connectivity index (χ1n) is 4.05. The van der Waals surface area contributed by atoms with Crippen LogP contribution in [0.1, 0.15) is 19.8 Å². The molecule has 0 unspecified atom stereocenters. The first kappa shape index (κ1) is 12.0. The van der Waals surface area contributed by atoms with Gasteiger partial charge in [-0.05, 0) is 6.42 Å². The second kappa shape index (κ2) is 6.50. The fraction of sp³-hybridized carbons (Fsp3) is 0.444. The zero-order valence-corrected chi connectivity index (χ0v) is 8.24. The molecule has 0 aliphatic carbocycles. The molecule has 0 bridgehead atoms. The highest BCUT2D eigenvalue weighted by Gasteiger charge is 2.06. The second-order valence-electron chi connectivity index (χ2n) is 2.39. The van der Waals surface area contributed by atoms with Crippen molar-refractivity contribution < 1.29 is 4.74 Å². The van der Waals surface area contributed by atoms with Crippen molar-refractivity contribution in [2.45, 2.75) is 19.8 Å². The van der Waals surface area contributed by atoms with E-state index in [1.807, 2.05) is 6.92 Å². The Morgan fingerprint density at radius 3 is 2.43 bits per heavy atom. The second-order valence-corrected chi connectivity index (χ2v) is 2.39. The van der Waals surface area contributed by atoms with Gasteiger partial charge in [0.2, 0.25) is 5.82 Å². The molecule has 0 spiro atoms. The van der Waals surface area contributed by atoms with E-state index in [1.54, 1.807) is 0 Å². The summed E-state index contributed by atoms with van der Waals surface area (Å²) in [4.78, 5) is 9.84. The van der Waals surface area contributed by atoms with E-state index in [4.69, 9.17) is 23.6 Å². The van der Waals surface area contributed by atoms with E-state index < -0.39 is 0 Å². The highest BCUT2D eigenvalue weighted by atomic mass is 16.5. The van der Waals surface area contributed by atoms with Crippen LogP contribution < -0.4 is 5.73 Å². The standard InChI is InChI=1S/C9H12N4O/c1-5-6-7(14-4)13-9(12-3)8(10)11-2/h5-6,10H2,1,4H3/b9-8+,13-7-. The lowest BCUT2D eigenvalue weighted by Crippen LogP contribution is -2.02. The molecule has 2 N–H and O–H groups in total. The average Bonchev–Trinajstić information content (AvgIpc) is 2.23. The van der Waals surface area contributed by atoms with Gasteiger partial charge in [0, 0.05) is 6.42 Å². The van der Waals surface area contributed by atoms with E-state index in [0.717, 1.165) is 6.42 Å². The van der Waals surface area contributed by atoms with Gasteiger partial charge in [-0.2, -0.15) is 0 Å². The molecule has 5 nitrogen and oxygen atoms in total. The van der Waals surface area contributed by atoms with Crippen molar-refractivity contribution in [1.82, 2.24) is 0 Å². The Labute approximate surface area is 83.5 Å². The quantitative estimate of drug-likeness (QED) is 0.421. The maximum atomic E-state index is 6.78. The molecule has 0 saturated carbocycles. The minimum atomic E-state index is -0.203. The van der Waals surface area contributed by atoms with Crippen LogP contribution in [0.5, 0.6) is 0 Å². The largest absolute Gasteiger partial charge is 0.467 e. The molecule has 14 heavy (non-hydrogen) atoms. The highest BCUT2D eigenvalue weighted by molar-refractivity contribution is 5.77. The molecule has 0 aromatic rings. The minimum absolute atomic E-state index is 0.106. The number of nitrogens with two attached hydrogens (primary N) is 1. The van der Waals surface area contributed by atoms with Gasteiger partial charge < -0.3 is 20.2 Å². The van der Waals surface area contributed by atoms with Crippen LogP contribution in [0, 0.1) is 13.1 Å². The predicted molar refractivity (Wildman–Crippen MR) is 53.8 cm³/mol. The smallest absolute Gasteiger partial charge is 0.292 e. The summed E-state index contributed by atoms with van der Waals surface area (Å²) >= 11 is 0. The molecular formula is C9H12N4O. The van der Waals surface area contributed by atoms with Crippen LogP contribution in [0.25, 0.3) is 9.69 Å². The van der Waals surface area contributed by atoms with Crippen LogP contribution in [-0.2, 0) is 4.74 Å². The van der Waals surface area contributed by atoms with Crippen molar-refractivity contribution in [3.8, 4) is 0 Å². The third kappa shape index (κ3) is 3.59. The summed E-state index contributed by atoms with van der Waals surface area (Å²) in [6, 6.07) is 0. The zero-order chi connectivity index (χ0) is 11.0. The third-order valence-corrected chi connectivity index (χ3v) is 1.39. The van der Waals surface area contributed by atoms with E-state index in [1.165, 1.54) is 7.11 Å². The third-order valence-electron chi connectivity index (χ3n) is 1.39. The Balaban J connectivity index is 4.93. The number of nitrogens with zero attached hydrogens (tertiary/aromatic N) is 3. The van der Waals surface area contributed by atoms with Crippen molar-refractivity contribution in [3.05, 3.63) is 34.5 Å². The van der Waals surface area contributed by atoms with E-state index in [9.17, 15) is 0 Å². The molecule has 0 rings (SSSR count). The van der Waals surface area contributed by atoms with Gasteiger partial charge in [0.25, 0.3) is 11.7 Å². The molecule has 5 heteroatoms. The summed E-state index contributed by atoms with van der Waals surface area (Å²) < 4.78 is 4.93. The lowest BCUT2D eigenvalue weighted by Gasteiger charge is -1.98. The molecule has 74 valence electrons. The van der Waals surface area contributed by atoms with Gasteiger partial charge in [0.05, 0.1) is 7.11 Å². The summed E-state index contributed by atoms with van der Waals surface area (Å²) in [5, 5.41) is 0. The first-order valence-corrected chi connectivity index (χ1v) is 4.05. The lowest BCUT2D eigenvalue weighted by molar-refractivity contribution is 0.389. The van der Waals surface area contributed by atoms with Crippen molar-refractivity contribution >= 4 is 5.90 Å². The molecule has 0 heterocycles. The molecule has 0 amide bonds. The van der Waals surface area contributed by atoms with Gasteiger partial charge in [-0.15, -0.1) is 0 Å². The summed E-state index contributed by atoms with van der Waals surface area (Å²) in [5.74, 6) is 0.112. The molecule has 0 aliphatic heterocycles. The number of ether oxygens (including phenoxy) is 1. The summed E-state index contributed by atoms with van der Waals surface area (Å²) in [5.41, 5.74) is 5.28. The lowest BCUT2D eigenvalue weighted by atomic mass is 10.3. The Morgan fingerprint density at radius 2 is 2.07 bits per heavy atom. The van der Waals surface area contributed by atoms with Crippen molar-refractivity contribution in [2.24, 2.45) is 10.7 Å². The number of hydrogen-bond donors (Lipinski definition) is 1. The molecule has 0 saturated heterocycles. The van der Waals surface area contributed by atoms with Crippen LogP contribution >= 0.6 is 0 Å². The summed E-state index contributed by atoms with van der Waals surface area (Å²) in [7, 11) is 1.48. The molecule has 0 aromatic heterocycles. The molecule has 0 fully saturated rings. The maximum absolute atomic E-state index is 6.78.